The SMILES string of the molecule is C=C/C(=C\C=NC)COCc1ccc(C)cc1. The predicted octanol–water partition coefficient (Wildman–Crippen LogP) is 3.32. The van der Waals surface area contributed by atoms with Gasteiger partial charge in [-0.25, -0.2) is 0 Å². The lowest BCUT2D eigenvalue weighted by Crippen LogP contribution is -1.97. The number of ether oxygens (including phenoxy) is 1. The van der Waals surface area contributed by atoms with E-state index < -0.39 is 0 Å². The highest BCUT2D eigenvalue weighted by Crippen LogP contribution is 2.06. The molecule has 0 spiro atoms. The molecule has 90 valence electrons. The second kappa shape index (κ2) is 7.58. The molecule has 1 rings (SSSR count). The van der Waals surface area contributed by atoms with E-state index in [1.54, 1.807) is 19.3 Å². The van der Waals surface area contributed by atoms with Crippen LogP contribution in [0.1, 0.15) is 11.1 Å². The van der Waals surface area contributed by atoms with Crippen molar-refractivity contribution in [3.05, 3.63) is 59.7 Å². The third kappa shape index (κ3) is 5.27. The number of hydrogen-bond acceptors (Lipinski definition) is 2. The number of allylic oxidation sites excluding steroid dienone is 1. The van der Waals surface area contributed by atoms with E-state index in [2.05, 4.69) is 42.8 Å². The van der Waals surface area contributed by atoms with Crippen LogP contribution in [0.5, 0.6) is 0 Å². The molecule has 0 bridgehead atoms. The Kier molecular flexibility index (Phi) is 5.97. The number of aliphatic imine (C=N–C) groups is 1. The third-order valence-corrected chi connectivity index (χ3v) is 2.36. The molecule has 2 nitrogen and oxygen atoms in total. The quantitative estimate of drug-likeness (QED) is 0.541. The summed E-state index contributed by atoms with van der Waals surface area (Å²) in [5.74, 6) is 0. The fraction of sp³-hybridized carbons (Fsp3) is 0.267. The summed E-state index contributed by atoms with van der Waals surface area (Å²) in [6, 6.07) is 8.35. The van der Waals surface area contributed by atoms with E-state index in [-0.39, 0.29) is 0 Å². The molecule has 0 aliphatic carbocycles. The van der Waals surface area contributed by atoms with Gasteiger partial charge < -0.3 is 4.74 Å². The molecule has 0 aliphatic heterocycles. The normalized spacial score (nSPS) is 12.0. The Bertz CT molecular complexity index is 401. The van der Waals surface area contributed by atoms with Crippen molar-refractivity contribution >= 4 is 6.21 Å². The Morgan fingerprint density at radius 3 is 2.65 bits per heavy atom. The van der Waals surface area contributed by atoms with Crippen molar-refractivity contribution in [3.8, 4) is 0 Å². The molecule has 0 radical (unpaired) electrons. The van der Waals surface area contributed by atoms with Gasteiger partial charge in [-0.1, -0.05) is 42.5 Å². The molecule has 17 heavy (non-hydrogen) atoms. The van der Waals surface area contributed by atoms with Gasteiger partial charge in [-0.15, -0.1) is 0 Å². The summed E-state index contributed by atoms with van der Waals surface area (Å²) in [7, 11) is 1.74. The standard InChI is InChI=1S/C15H19NO/c1-4-14(9-10-16-3)11-17-12-15-7-5-13(2)6-8-15/h4-10H,1,11-12H2,2-3H3/b14-9+,16-10?. The highest BCUT2D eigenvalue weighted by molar-refractivity contribution is 5.72. The van der Waals surface area contributed by atoms with Crippen LogP contribution in [0.15, 0.2) is 53.6 Å². The molecule has 0 fully saturated rings. The van der Waals surface area contributed by atoms with Gasteiger partial charge in [0.1, 0.15) is 0 Å². The van der Waals surface area contributed by atoms with Crippen LogP contribution in [0, 0.1) is 6.92 Å². The molecule has 0 aromatic heterocycles. The maximum Gasteiger partial charge on any atom is 0.0721 e. The van der Waals surface area contributed by atoms with Crippen molar-refractivity contribution in [3.63, 3.8) is 0 Å². The first kappa shape index (κ1) is 13.4. The average molecular weight is 229 g/mol. The van der Waals surface area contributed by atoms with Crippen molar-refractivity contribution in [1.29, 1.82) is 0 Å². The molecule has 1 aromatic carbocycles. The van der Waals surface area contributed by atoms with E-state index in [0.29, 0.717) is 13.2 Å². The Morgan fingerprint density at radius 2 is 2.06 bits per heavy atom. The molecule has 0 amide bonds. The fourth-order valence-electron chi connectivity index (χ4n) is 1.32. The molecule has 0 heterocycles. The molecule has 0 saturated carbocycles. The zero-order chi connectivity index (χ0) is 12.5. The van der Waals surface area contributed by atoms with Crippen LogP contribution in [0.3, 0.4) is 0 Å². The lowest BCUT2D eigenvalue weighted by Gasteiger charge is -2.05. The summed E-state index contributed by atoms with van der Waals surface area (Å²) in [5.41, 5.74) is 3.48. The maximum absolute atomic E-state index is 5.61. The maximum atomic E-state index is 5.61. The van der Waals surface area contributed by atoms with E-state index >= 15 is 0 Å². The van der Waals surface area contributed by atoms with E-state index in [1.165, 1.54) is 11.1 Å². The Labute approximate surface area is 103 Å². The van der Waals surface area contributed by atoms with E-state index in [4.69, 9.17) is 4.74 Å². The van der Waals surface area contributed by atoms with Gasteiger partial charge in [0.25, 0.3) is 0 Å². The molecule has 0 atom stereocenters. The highest BCUT2D eigenvalue weighted by atomic mass is 16.5. The minimum atomic E-state index is 0.559. The van der Waals surface area contributed by atoms with Gasteiger partial charge in [0.15, 0.2) is 0 Å². The van der Waals surface area contributed by atoms with Crippen LogP contribution in [0.4, 0.5) is 0 Å². The molecular formula is C15H19NO. The van der Waals surface area contributed by atoms with Gasteiger partial charge in [-0.2, -0.15) is 0 Å². The van der Waals surface area contributed by atoms with Crippen LogP contribution >= 0.6 is 0 Å². The average Bonchev–Trinajstić information content (AvgIpc) is 2.36. The van der Waals surface area contributed by atoms with E-state index in [1.807, 2.05) is 6.08 Å². The Balaban J connectivity index is 2.41. The zero-order valence-electron chi connectivity index (χ0n) is 10.5. The lowest BCUT2D eigenvalue weighted by atomic mass is 10.2. The summed E-state index contributed by atoms with van der Waals surface area (Å²) >= 11 is 0. The Hall–Kier alpha value is -1.67. The topological polar surface area (TPSA) is 21.6 Å². The van der Waals surface area contributed by atoms with Crippen LogP contribution in [-0.2, 0) is 11.3 Å². The first-order valence-corrected chi connectivity index (χ1v) is 5.63. The summed E-state index contributed by atoms with van der Waals surface area (Å²) in [6.07, 6.45) is 5.44. The van der Waals surface area contributed by atoms with Crippen molar-refractivity contribution in [1.82, 2.24) is 0 Å². The first-order valence-electron chi connectivity index (χ1n) is 5.63. The molecule has 0 unspecified atom stereocenters. The van der Waals surface area contributed by atoms with Gasteiger partial charge in [0.2, 0.25) is 0 Å². The van der Waals surface area contributed by atoms with Crippen molar-refractivity contribution in [2.45, 2.75) is 13.5 Å². The van der Waals surface area contributed by atoms with E-state index in [9.17, 15) is 0 Å². The summed E-state index contributed by atoms with van der Waals surface area (Å²) in [5, 5.41) is 0. The number of benzene rings is 1. The molecule has 0 saturated heterocycles. The molecule has 0 aliphatic rings. The summed E-state index contributed by atoms with van der Waals surface area (Å²) < 4.78 is 5.61. The minimum Gasteiger partial charge on any atom is -0.372 e. The number of aryl methyl sites for hydroxylation is 1. The predicted molar refractivity (Wildman–Crippen MR) is 73.5 cm³/mol. The molecule has 0 N–H and O–H groups in total. The fourth-order valence-corrected chi connectivity index (χ4v) is 1.32. The Morgan fingerprint density at radius 1 is 1.35 bits per heavy atom. The van der Waals surface area contributed by atoms with Crippen LogP contribution in [0.25, 0.3) is 0 Å². The number of nitrogens with zero attached hydrogens (tertiary/aromatic N) is 1. The summed E-state index contributed by atoms with van der Waals surface area (Å²) in [6.45, 7) is 7.00. The number of rotatable bonds is 6. The zero-order valence-corrected chi connectivity index (χ0v) is 10.5. The van der Waals surface area contributed by atoms with E-state index in [0.717, 1.165) is 5.57 Å². The van der Waals surface area contributed by atoms with Gasteiger partial charge in [-0.05, 0) is 24.1 Å². The van der Waals surface area contributed by atoms with Crippen LogP contribution < -0.4 is 0 Å². The molecule has 1 aromatic rings. The summed E-state index contributed by atoms with van der Waals surface area (Å²) in [4.78, 5) is 3.89. The second-order valence-corrected chi connectivity index (χ2v) is 3.83. The van der Waals surface area contributed by atoms with Crippen LogP contribution in [-0.4, -0.2) is 19.9 Å². The van der Waals surface area contributed by atoms with Crippen LogP contribution in [0.2, 0.25) is 0 Å². The first-order chi connectivity index (χ1) is 8.26. The minimum absolute atomic E-state index is 0.559. The van der Waals surface area contributed by atoms with Gasteiger partial charge in [0.05, 0.1) is 13.2 Å². The van der Waals surface area contributed by atoms with Crippen molar-refractivity contribution in [2.75, 3.05) is 13.7 Å². The monoisotopic (exact) mass is 229 g/mol. The second-order valence-electron chi connectivity index (χ2n) is 3.83. The lowest BCUT2D eigenvalue weighted by molar-refractivity contribution is 0.144. The third-order valence-electron chi connectivity index (χ3n) is 2.36. The molecule has 2 heteroatoms. The van der Waals surface area contributed by atoms with Crippen molar-refractivity contribution in [2.24, 2.45) is 4.99 Å². The van der Waals surface area contributed by atoms with Gasteiger partial charge in [0, 0.05) is 13.3 Å². The van der Waals surface area contributed by atoms with Gasteiger partial charge in [-0.3, -0.25) is 4.99 Å². The smallest absolute Gasteiger partial charge is 0.0721 e. The van der Waals surface area contributed by atoms with Crippen molar-refractivity contribution < 1.29 is 4.74 Å². The largest absolute Gasteiger partial charge is 0.372 e. The molecular weight excluding hydrogens is 210 g/mol. The number of hydrogen-bond donors (Lipinski definition) is 0. The van der Waals surface area contributed by atoms with Gasteiger partial charge >= 0.3 is 0 Å². The highest BCUT2D eigenvalue weighted by Gasteiger charge is 1.94.